The summed E-state index contributed by atoms with van der Waals surface area (Å²) in [6.07, 6.45) is 8.78. The molecular formula is C27H27N7O2. The fraction of sp³-hybridized carbons (Fsp3) is 0.296. The molecular weight excluding hydrogens is 454 g/mol. The van der Waals surface area contributed by atoms with Crippen LogP contribution in [0.4, 0.5) is 11.6 Å². The van der Waals surface area contributed by atoms with Crippen LogP contribution < -0.4 is 11.1 Å². The second-order valence-electron chi connectivity index (χ2n) is 9.61. The van der Waals surface area contributed by atoms with Gasteiger partial charge in [-0.05, 0) is 56.0 Å². The van der Waals surface area contributed by atoms with Crippen molar-refractivity contribution < 1.29 is 9.59 Å². The van der Waals surface area contributed by atoms with Gasteiger partial charge in [0.05, 0.1) is 0 Å². The van der Waals surface area contributed by atoms with Crippen LogP contribution in [0, 0.1) is 6.92 Å². The number of rotatable bonds is 4. The highest BCUT2D eigenvalue weighted by Gasteiger charge is 2.38. The van der Waals surface area contributed by atoms with E-state index in [1.165, 1.54) is 0 Å². The molecule has 6 rings (SSSR count). The van der Waals surface area contributed by atoms with Crippen LogP contribution >= 0.6 is 0 Å². The van der Waals surface area contributed by atoms with Crippen molar-refractivity contribution >= 4 is 29.0 Å². The summed E-state index contributed by atoms with van der Waals surface area (Å²) >= 11 is 0. The number of amides is 2. The number of imidazole rings is 1. The Balaban J connectivity index is 1.31. The highest BCUT2D eigenvalue weighted by molar-refractivity contribution is 6.04. The standard InChI is InChI=1S/C27H27N7O2/c1-16-10-11-29-21(14-16)31-27(36)18-4-2-17(3-5-18)23-24-25(28)30-12-13-33(24)26(32-23)19-6-7-20-8-9-22(35)34(20)15-19/h2-5,10-14,19-20H,6-9,15H2,1H3,(H2,28,30)(H,29,31,36)/t19-,20-/m1/s1. The van der Waals surface area contributed by atoms with Crippen LogP contribution in [0.3, 0.4) is 0 Å². The molecule has 2 saturated heterocycles. The number of aromatic nitrogens is 4. The highest BCUT2D eigenvalue weighted by Crippen LogP contribution is 2.38. The molecule has 0 aliphatic carbocycles. The van der Waals surface area contributed by atoms with Crippen molar-refractivity contribution in [3.8, 4) is 11.3 Å². The molecule has 3 aromatic heterocycles. The molecule has 2 amide bonds. The normalized spacial score (nSPS) is 19.5. The van der Waals surface area contributed by atoms with Gasteiger partial charge in [-0.25, -0.2) is 15.0 Å². The maximum absolute atomic E-state index is 12.7. The molecule has 4 aromatic rings. The maximum atomic E-state index is 12.7. The molecule has 2 aliphatic heterocycles. The second-order valence-corrected chi connectivity index (χ2v) is 9.61. The van der Waals surface area contributed by atoms with Crippen LogP contribution in [0.25, 0.3) is 16.8 Å². The first-order valence-electron chi connectivity index (χ1n) is 12.2. The maximum Gasteiger partial charge on any atom is 0.256 e. The highest BCUT2D eigenvalue weighted by atomic mass is 16.2. The Morgan fingerprint density at radius 1 is 1.08 bits per heavy atom. The first-order chi connectivity index (χ1) is 17.5. The monoisotopic (exact) mass is 481 g/mol. The van der Waals surface area contributed by atoms with Crippen LogP contribution in [-0.4, -0.2) is 48.7 Å². The van der Waals surface area contributed by atoms with Crippen LogP contribution in [-0.2, 0) is 4.79 Å². The Morgan fingerprint density at radius 2 is 1.92 bits per heavy atom. The van der Waals surface area contributed by atoms with Crippen molar-refractivity contribution in [2.24, 2.45) is 0 Å². The van der Waals surface area contributed by atoms with Crippen molar-refractivity contribution in [2.45, 2.75) is 44.6 Å². The molecule has 0 spiro atoms. The fourth-order valence-electron chi connectivity index (χ4n) is 5.43. The van der Waals surface area contributed by atoms with Crippen molar-refractivity contribution in [2.75, 3.05) is 17.6 Å². The number of hydrogen-bond donors (Lipinski definition) is 2. The lowest BCUT2D eigenvalue weighted by atomic mass is 9.92. The first-order valence-corrected chi connectivity index (χ1v) is 12.2. The minimum absolute atomic E-state index is 0.123. The Kier molecular flexibility index (Phi) is 5.40. The minimum Gasteiger partial charge on any atom is -0.382 e. The van der Waals surface area contributed by atoms with Gasteiger partial charge < -0.3 is 16.0 Å². The molecule has 2 atom stereocenters. The van der Waals surface area contributed by atoms with Gasteiger partial charge in [0.2, 0.25) is 5.91 Å². The minimum atomic E-state index is -0.233. The predicted molar refractivity (Wildman–Crippen MR) is 136 cm³/mol. The molecule has 2 aliphatic rings. The van der Waals surface area contributed by atoms with E-state index < -0.39 is 0 Å². The fourth-order valence-corrected chi connectivity index (χ4v) is 5.43. The van der Waals surface area contributed by atoms with Crippen molar-refractivity contribution in [3.63, 3.8) is 0 Å². The summed E-state index contributed by atoms with van der Waals surface area (Å²) in [5.74, 6) is 1.92. The van der Waals surface area contributed by atoms with E-state index in [2.05, 4.69) is 15.3 Å². The van der Waals surface area contributed by atoms with E-state index in [1.807, 2.05) is 46.7 Å². The quantitative estimate of drug-likeness (QED) is 0.458. The van der Waals surface area contributed by atoms with Crippen molar-refractivity contribution in [3.05, 3.63) is 71.9 Å². The Bertz CT molecular complexity index is 1480. The summed E-state index contributed by atoms with van der Waals surface area (Å²) < 4.78 is 2.01. The van der Waals surface area contributed by atoms with Gasteiger partial charge in [0.1, 0.15) is 28.7 Å². The number of carbonyl (C=O) groups is 2. The lowest BCUT2D eigenvalue weighted by Crippen LogP contribution is -2.41. The number of hydrogen-bond acceptors (Lipinski definition) is 6. The van der Waals surface area contributed by atoms with Crippen LogP contribution in [0.15, 0.2) is 55.0 Å². The number of pyridine rings is 1. The predicted octanol–water partition coefficient (Wildman–Crippen LogP) is 3.80. The summed E-state index contributed by atoms with van der Waals surface area (Å²) in [6.45, 7) is 2.63. The van der Waals surface area contributed by atoms with Crippen LogP contribution in [0.5, 0.6) is 0 Å². The van der Waals surface area contributed by atoms with Crippen molar-refractivity contribution in [1.82, 2.24) is 24.3 Å². The number of nitrogens with one attached hydrogen (secondary N) is 1. The molecule has 0 saturated carbocycles. The van der Waals surface area contributed by atoms with E-state index in [-0.39, 0.29) is 17.7 Å². The third-order valence-corrected chi connectivity index (χ3v) is 7.27. The number of aryl methyl sites for hydroxylation is 1. The number of nitrogen functional groups attached to an aromatic ring is 1. The summed E-state index contributed by atoms with van der Waals surface area (Å²) in [6, 6.07) is 11.3. The zero-order chi connectivity index (χ0) is 24.8. The molecule has 9 nitrogen and oxygen atoms in total. The number of piperidine rings is 1. The van der Waals surface area contributed by atoms with Gasteiger partial charge in [-0.1, -0.05) is 12.1 Å². The van der Waals surface area contributed by atoms with Gasteiger partial charge in [-0.2, -0.15) is 0 Å². The summed E-state index contributed by atoms with van der Waals surface area (Å²) in [5, 5.41) is 2.83. The molecule has 0 bridgehead atoms. The van der Waals surface area contributed by atoms with E-state index in [0.717, 1.165) is 47.4 Å². The summed E-state index contributed by atoms with van der Waals surface area (Å²) in [7, 11) is 0. The molecule has 36 heavy (non-hydrogen) atoms. The van der Waals surface area contributed by atoms with Gasteiger partial charge >= 0.3 is 0 Å². The average molecular weight is 482 g/mol. The zero-order valence-corrected chi connectivity index (χ0v) is 20.0. The molecule has 182 valence electrons. The summed E-state index contributed by atoms with van der Waals surface area (Å²) in [4.78, 5) is 40.7. The number of nitrogens with zero attached hydrogens (tertiary/aromatic N) is 5. The lowest BCUT2D eigenvalue weighted by molar-refractivity contribution is -0.130. The van der Waals surface area contributed by atoms with Crippen molar-refractivity contribution in [1.29, 1.82) is 0 Å². The Labute approximate surface area is 208 Å². The molecule has 0 radical (unpaired) electrons. The lowest BCUT2D eigenvalue weighted by Gasteiger charge is -2.34. The number of carbonyl (C=O) groups excluding carboxylic acids is 2. The smallest absolute Gasteiger partial charge is 0.256 e. The summed E-state index contributed by atoms with van der Waals surface area (Å²) in [5.41, 5.74) is 10.2. The largest absolute Gasteiger partial charge is 0.382 e. The molecule has 3 N–H and O–H groups in total. The van der Waals surface area contributed by atoms with Gasteiger partial charge in [0.15, 0.2) is 0 Å². The van der Waals surface area contributed by atoms with E-state index in [1.54, 1.807) is 24.5 Å². The molecule has 1 aromatic carbocycles. The SMILES string of the molecule is Cc1ccnc(NC(=O)c2ccc(-c3nc([C@@H]4CC[C@@H]5CCC(=O)N5C4)n4ccnc(N)c34)cc2)c1. The molecule has 2 fully saturated rings. The zero-order valence-electron chi connectivity index (χ0n) is 20.0. The number of benzene rings is 1. The molecule has 5 heterocycles. The van der Waals surface area contributed by atoms with E-state index >= 15 is 0 Å². The Morgan fingerprint density at radius 3 is 2.72 bits per heavy atom. The number of fused-ring (bicyclic) bond motifs is 2. The van der Waals surface area contributed by atoms with Gasteiger partial charge in [0.25, 0.3) is 5.91 Å². The molecule has 9 heteroatoms. The van der Waals surface area contributed by atoms with E-state index in [0.29, 0.717) is 36.2 Å². The third kappa shape index (κ3) is 3.86. The topological polar surface area (TPSA) is 119 Å². The second kappa shape index (κ2) is 8.75. The third-order valence-electron chi connectivity index (χ3n) is 7.27. The average Bonchev–Trinajstić information content (AvgIpc) is 3.45. The van der Waals surface area contributed by atoms with Gasteiger partial charge in [-0.3, -0.25) is 14.0 Å². The molecule has 0 unspecified atom stereocenters. The number of anilines is 2. The first kappa shape index (κ1) is 22.2. The number of nitrogens with two attached hydrogens (primary N) is 1. The van der Waals surface area contributed by atoms with Gasteiger partial charge in [0, 0.05) is 54.6 Å². The van der Waals surface area contributed by atoms with Crippen LogP contribution in [0.2, 0.25) is 0 Å². The van der Waals surface area contributed by atoms with E-state index in [4.69, 9.17) is 10.7 Å². The van der Waals surface area contributed by atoms with E-state index in [9.17, 15) is 9.59 Å². The van der Waals surface area contributed by atoms with Crippen LogP contribution in [0.1, 0.15) is 53.3 Å². The van der Waals surface area contributed by atoms with Gasteiger partial charge in [-0.15, -0.1) is 0 Å². The Hall–Kier alpha value is -4.27.